The Morgan fingerprint density at radius 1 is 1.04 bits per heavy atom. The first kappa shape index (κ1) is 17.5. The van der Waals surface area contributed by atoms with Crippen molar-refractivity contribution in [3.63, 3.8) is 0 Å². The van der Waals surface area contributed by atoms with Gasteiger partial charge in [0, 0.05) is 18.0 Å². The zero-order chi connectivity index (χ0) is 19.5. The summed E-state index contributed by atoms with van der Waals surface area (Å²) in [7, 11) is 1.48. The molecule has 0 unspecified atom stereocenters. The second-order valence-corrected chi connectivity index (χ2v) is 6.13. The van der Waals surface area contributed by atoms with Crippen LogP contribution < -0.4 is 9.75 Å². The summed E-state index contributed by atoms with van der Waals surface area (Å²) in [5.41, 5.74) is 3.20. The number of amides is 1. The number of carbonyl (C=O) groups is 1. The van der Waals surface area contributed by atoms with Crippen molar-refractivity contribution < 1.29 is 14.6 Å². The molecule has 0 aliphatic carbocycles. The summed E-state index contributed by atoms with van der Waals surface area (Å²) in [5.74, 6) is 0.142. The summed E-state index contributed by atoms with van der Waals surface area (Å²) in [4.78, 5) is 17.2. The maximum Gasteiger partial charge on any atom is 0.281 e. The van der Waals surface area contributed by atoms with Gasteiger partial charge in [-0.3, -0.25) is 9.78 Å². The van der Waals surface area contributed by atoms with Gasteiger partial charge in [0.15, 0.2) is 11.5 Å². The maximum atomic E-state index is 13.2. The van der Waals surface area contributed by atoms with Crippen molar-refractivity contribution >= 4 is 23.4 Å². The van der Waals surface area contributed by atoms with Crippen molar-refractivity contribution in [2.75, 3.05) is 12.1 Å². The fraction of sp³-hybridized carbons (Fsp3) is 0.0455. The molecule has 138 valence electrons. The van der Waals surface area contributed by atoms with Crippen molar-refractivity contribution in [2.24, 2.45) is 5.10 Å². The van der Waals surface area contributed by atoms with Gasteiger partial charge in [0.25, 0.3) is 5.91 Å². The SMILES string of the molecule is COc1cc(/C=C2\C(=O)N(c3ccccc3)N=C2c2ccncc2)ccc1O. The molecule has 0 spiro atoms. The summed E-state index contributed by atoms with van der Waals surface area (Å²) in [6.07, 6.45) is 5.07. The molecule has 0 radical (unpaired) electrons. The largest absolute Gasteiger partial charge is 0.504 e. The number of aromatic hydroxyl groups is 1. The van der Waals surface area contributed by atoms with Crippen molar-refractivity contribution in [1.82, 2.24) is 4.98 Å². The Morgan fingerprint density at radius 2 is 1.79 bits per heavy atom. The van der Waals surface area contributed by atoms with Crippen LogP contribution in [0.4, 0.5) is 5.69 Å². The van der Waals surface area contributed by atoms with Crippen LogP contribution in [0.3, 0.4) is 0 Å². The molecular weight excluding hydrogens is 354 g/mol. The van der Waals surface area contributed by atoms with Gasteiger partial charge in [0.1, 0.15) is 5.71 Å². The van der Waals surface area contributed by atoms with Gasteiger partial charge < -0.3 is 9.84 Å². The summed E-state index contributed by atoms with van der Waals surface area (Å²) in [5, 5.41) is 15.8. The average Bonchev–Trinajstić information content (AvgIpc) is 3.07. The lowest BCUT2D eigenvalue weighted by atomic mass is 10.0. The molecule has 2 heterocycles. The lowest BCUT2D eigenvalue weighted by molar-refractivity contribution is -0.114. The third-order valence-electron chi connectivity index (χ3n) is 4.35. The molecule has 6 nitrogen and oxygen atoms in total. The Labute approximate surface area is 162 Å². The Hall–Kier alpha value is -3.93. The molecule has 0 bridgehead atoms. The van der Waals surface area contributed by atoms with E-state index in [-0.39, 0.29) is 11.7 Å². The van der Waals surface area contributed by atoms with Crippen molar-refractivity contribution in [1.29, 1.82) is 0 Å². The van der Waals surface area contributed by atoms with E-state index in [4.69, 9.17) is 4.74 Å². The average molecular weight is 371 g/mol. The second-order valence-electron chi connectivity index (χ2n) is 6.13. The maximum absolute atomic E-state index is 13.2. The third-order valence-corrected chi connectivity index (χ3v) is 4.35. The number of hydrogen-bond acceptors (Lipinski definition) is 5. The summed E-state index contributed by atoms with van der Waals surface area (Å²) in [6, 6.07) is 17.8. The Kier molecular flexibility index (Phi) is 4.60. The van der Waals surface area contributed by atoms with E-state index in [1.165, 1.54) is 18.2 Å². The molecule has 3 aromatic rings. The van der Waals surface area contributed by atoms with Crippen LogP contribution >= 0.6 is 0 Å². The number of anilines is 1. The minimum absolute atomic E-state index is 0.0383. The number of phenols is 1. The van der Waals surface area contributed by atoms with Crippen LogP contribution in [0.5, 0.6) is 11.5 Å². The molecule has 0 saturated carbocycles. The highest BCUT2D eigenvalue weighted by molar-refractivity contribution is 6.37. The van der Waals surface area contributed by atoms with E-state index in [9.17, 15) is 9.90 Å². The molecule has 2 aromatic carbocycles. The monoisotopic (exact) mass is 371 g/mol. The number of aromatic nitrogens is 1. The number of carbonyl (C=O) groups excluding carboxylic acids is 1. The van der Waals surface area contributed by atoms with E-state index < -0.39 is 0 Å². The first-order chi connectivity index (χ1) is 13.7. The minimum atomic E-state index is -0.231. The van der Waals surface area contributed by atoms with E-state index in [1.807, 2.05) is 42.5 Å². The van der Waals surface area contributed by atoms with E-state index >= 15 is 0 Å². The second kappa shape index (κ2) is 7.36. The van der Waals surface area contributed by atoms with E-state index in [1.54, 1.807) is 30.6 Å². The summed E-state index contributed by atoms with van der Waals surface area (Å²) >= 11 is 0. The molecule has 28 heavy (non-hydrogen) atoms. The van der Waals surface area contributed by atoms with Crippen molar-refractivity contribution in [3.8, 4) is 11.5 Å². The number of phenolic OH excluding ortho intramolecular Hbond substituents is 1. The molecule has 1 amide bonds. The fourth-order valence-corrected chi connectivity index (χ4v) is 2.96. The molecule has 0 saturated heterocycles. The highest BCUT2D eigenvalue weighted by Crippen LogP contribution is 2.30. The highest BCUT2D eigenvalue weighted by atomic mass is 16.5. The predicted molar refractivity (Wildman–Crippen MR) is 107 cm³/mol. The molecule has 6 heteroatoms. The molecule has 1 aliphatic rings. The van der Waals surface area contributed by atoms with E-state index in [0.717, 1.165) is 11.1 Å². The number of nitrogens with zero attached hydrogens (tertiary/aromatic N) is 3. The Morgan fingerprint density at radius 3 is 2.50 bits per heavy atom. The lowest BCUT2D eigenvalue weighted by Gasteiger charge is -2.11. The number of pyridine rings is 1. The van der Waals surface area contributed by atoms with Crippen LogP contribution in [-0.4, -0.2) is 28.8 Å². The summed E-state index contributed by atoms with van der Waals surface area (Å²) < 4.78 is 5.17. The van der Waals surface area contributed by atoms with Gasteiger partial charge in [-0.1, -0.05) is 24.3 Å². The van der Waals surface area contributed by atoms with Crippen LogP contribution in [0, 0.1) is 0 Å². The number of rotatable bonds is 4. The molecule has 1 aromatic heterocycles. The predicted octanol–water partition coefficient (Wildman–Crippen LogP) is 3.63. The van der Waals surface area contributed by atoms with Gasteiger partial charge in [-0.2, -0.15) is 10.1 Å². The normalized spacial score (nSPS) is 15.0. The van der Waals surface area contributed by atoms with Gasteiger partial charge in [-0.15, -0.1) is 0 Å². The zero-order valence-electron chi connectivity index (χ0n) is 15.1. The highest BCUT2D eigenvalue weighted by Gasteiger charge is 2.32. The topological polar surface area (TPSA) is 75.0 Å². The molecule has 0 atom stereocenters. The van der Waals surface area contributed by atoms with Gasteiger partial charge in [-0.25, -0.2) is 0 Å². The van der Waals surface area contributed by atoms with Gasteiger partial charge in [-0.05, 0) is 48.0 Å². The molecular formula is C22H17N3O3. The molecule has 4 rings (SSSR count). The number of benzene rings is 2. The van der Waals surface area contributed by atoms with Gasteiger partial charge >= 0.3 is 0 Å². The Balaban J connectivity index is 1.82. The first-order valence-electron chi connectivity index (χ1n) is 8.65. The fourth-order valence-electron chi connectivity index (χ4n) is 2.96. The smallest absolute Gasteiger partial charge is 0.281 e. The minimum Gasteiger partial charge on any atom is -0.504 e. The number of hydrogen-bond donors (Lipinski definition) is 1. The van der Waals surface area contributed by atoms with Crippen LogP contribution in [-0.2, 0) is 4.79 Å². The first-order valence-corrected chi connectivity index (χ1v) is 8.65. The standard InChI is InChI=1S/C22H17N3O3/c1-28-20-14-15(7-8-19(20)26)13-18-21(16-9-11-23-12-10-16)24-25(22(18)27)17-5-3-2-4-6-17/h2-14,26H,1H3/b18-13-. The van der Waals surface area contributed by atoms with Crippen LogP contribution in [0.15, 0.2) is 83.7 Å². The van der Waals surface area contributed by atoms with Crippen LogP contribution in [0.25, 0.3) is 6.08 Å². The number of hydrazone groups is 1. The van der Waals surface area contributed by atoms with Crippen molar-refractivity contribution in [2.45, 2.75) is 0 Å². The molecule has 1 aliphatic heterocycles. The summed E-state index contributed by atoms with van der Waals surface area (Å²) in [6.45, 7) is 0. The number of methoxy groups -OCH3 is 1. The van der Waals surface area contributed by atoms with E-state index in [0.29, 0.717) is 22.7 Å². The zero-order valence-corrected chi connectivity index (χ0v) is 15.1. The van der Waals surface area contributed by atoms with E-state index in [2.05, 4.69) is 10.1 Å². The lowest BCUT2D eigenvalue weighted by Crippen LogP contribution is -2.21. The van der Waals surface area contributed by atoms with Crippen LogP contribution in [0.2, 0.25) is 0 Å². The molecule has 1 N–H and O–H groups in total. The Bertz CT molecular complexity index is 1080. The quantitative estimate of drug-likeness (QED) is 0.711. The van der Waals surface area contributed by atoms with Gasteiger partial charge in [0.05, 0.1) is 18.4 Å². The third kappa shape index (κ3) is 3.23. The number of ether oxygens (including phenoxy) is 1. The number of para-hydroxylation sites is 1. The van der Waals surface area contributed by atoms with Crippen LogP contribution in [0.1, 0.15) is 11.1 Å². The van der Waals surface area contributed by atoms with Gasteiger partial charge in [0.2, 0.25) is 0 Å². The molecule has 0 fully saturated rings. The van der Waals surface area contributed by atoms with Crippen molar-refractivity contribution in [3.05, 3.63) is 89.8 Å².